The van der Waals surface area contributed by atoms with Crippen molar-refractivity contribution in [2.75, 3.05) is 36.5 Å². The number of morpholine rings is 1. The Kier molecular flexibility index (Phi) is 4.08. The first-order chi connectivity index (χ1) is 11.4. The summed E-state index contributed by atoms with van der Waals surface area (Å²) in [7, 11) is 0. The molecule has 0 amide bonds. The van der Waals surface area contributed by atoms with Gasteiger partial charge in [0.1, 0.15) is 17.0 Å². The number of para-hydroxylation sites is 1. The number of fused-ring (bicyclic) bond motifs is 1. The lowest BCUT2D eigenvalue weighted by Gasteiger charge is -2.30. The maximum absolute atomic E-state index is 5.46. The summed E-state index contributed by atoms with van der Waals surface area (Å²) in [6.45, 7) is 4.22. The Morgan fingerprint density at radius 2 is 2.00 bits per heavy atom. The molecule has 0 unspecified atom stereocenters. The summed E-state index contributed by atoms with van der Waals surface area (Å²) < 4.78 is 5.46. The molecule has 1 N–H and O–H groups in total. The lowest BCUT2D eigenvalue weighted by molar-refractivity contribution is 0.122. The number of rotatable bonds is 4. The Morgan fingerprint density at radius 3 is 2.91 bits per heavy atom. The van der Waals surface area contributed by atoms with Gasteiger partial charge in [0.2, 0.25) is 0 Å². The number of thiophene rings is 1. The number of ether oxygens (including phenoxy) is 1. The minimum atomic E-state index is 0.746. The molecule has 118 valence electrons. The van der Waals surface area contributed by atoms with Crippen LogP contribution in [0.5, 0.6) is 0 Å². The van der Waals surface area contributed by atoms with Gasteiger partial charge in [0.15, 0.2) is 0 Å². The number of nitrogens with one attached hydrogen (secondary N) is 1. The molecule has 2 aromatic heterocycles. The van der Waals surface area contributed by atoms with Gasteiger partial charge in [-0.15, -0.1) is 11.3 Å². The van der Waals surface area contributed by atoms with E-state index in [0.717, 1.165) is 48.9 Å². The second kappa shape index (κ2) is 6.52. The van der Waals surface area contributed by atoms with Crippen LogP contribution < -0.4 is 10.2 Å². The van der Waals surface area contributed by atoms with Gasteiger partial charge >= 0.3 is 0 Å². The molecule has 0 aliphatic carbocycles. The maximum Gasteiger partial charge on any atom is 0.138 e. The van der Waals surface area contributed by atoms with Crippen molar-refractivity contribution in [2.24, 2.45) is 0 Å². The van der Waals surface area contributed by atoms with Crippen molar-refractivity contribution in [2.45, 2.75) is 6.54 Å². The second-order valence-corrected chi connectivity index (χ2v) is 6.34. The van der Waals surface area contributed by atoms with E-state index < -0.39 is 0 Å². The van der Waals surface area contributed by atoms with Crippen LogP contribution in [0.2, 0.25) is 0 Å². The molecule has 3 heterocycles. The van der Waals surface area contributed by atoms with Crippen LogP contribution in [0.15, 0.2) is 42.0 Å². The summed E-state index contributed by atoms with van der Waals surface area (Å²) >= 11 is 1.64. The number of anilines is 2. The third kappa shape index (κ3) is 3.00. The van der Waals surface area contributed by atoms with Crippen molar-refractivity contribution >= 4 is 33.1 Å². The zero-order chi connectivity index (χ0) is 15.5. The number of nitrogens with zero attached hydrogens (tertiary/aromatic N) is 3. The zero-order valence-electron chi connectivity index (χ0n) is 12.7. The smallest absolute Gasteiger partial charge is 0.138 e. The molecule has 5 nitrogen and oxygen atoms in total. The van der Waals surface area contributed by atoms with Crippen molar-refractivity contribution in [3.05, 3.63) is 47.6 Å². The number of aromatic nitrogens is 2. The molecule has 0 radical (unpaired) electrons. The maximum atomic E-state index is 5.46. The van der Waals surface area contributed by atoms with E-state index in [1.165, 1.54) is 11.3 Å². The predicted molar refractivity (Wildman–Crippen MR) is 94.2 cm³/mol. The van der Waals surface area contributed by atoms with E-state index in [1.807, 2.05) is 5.38 Å². The monoisotopic (exact) mass is 326 g/mol. The molecule has 6 heteroatoms. The van der Waals surface area contributed by atoms with Crippen molar-refractivity contribution in [3.8, 4) is 0 Å². The largest absolute Gasteiger partial charge is 0.378 e. The molecule has 1 fully saturated rings. The highest BCUT2D eigenvalue weighted by Crippen LogP contribution is 2.26. The minimum absolute atomic E-state index is 0.746. The molecule has 3 aromatic rings. The van der Waals surface area contributed by atoms with Crippen LogP contribution in [0.4, 0.5) is 11.5 Å². The molecule has 4 rings (SSSR count). The summed E-state index contributed by atoms with van der Waals surface area (Å²) in [4.78, 5) is 12.1. The predicted octanol–water partition coefficient (Wildman–Crippen LogP) is 3.14. The lowest BCUT2D eigenvalue weighted by atomic mass is 10.1. The Balaban J connectivity index is 1.56. The van der Waals surface area contributed by atoms with Gasteiger partial charge in [0, 0.05) is 25.3 Å². The third-order valence-electron chi connectivity index (χ3n) is 4.05. The highest BCUT2D eigenvalue weighted by Gasteiger charge is 2.14. The Hall–Kier alpha value is -2.18. The van der Waals surface area contributed by atoms with Crippen LogP contribution in [-0.4, -0.2) is 36.3 Å². The van der Waals surface area contributed by atoms with E-state index in [9.17, 15) is 0 Å². The highest BCUT2D eigenvalue weighted by molar-refractivity contribution is 7.16. The van der Waals surface area contributed by atoms with Crippen LogP contribution >= 0.6 is 11.3 Å². The molecule has 0 spiro atoms. The molecule has 1 aliphatic heterocycles. The standard InChI is InChI=1S/C17H18N4OS/c1-2-4-15(21-6-8-22-9-7-21)13(3-1)11-18-16-14-5-10-23-17(14)20-12-19-16/h1-5,10,12H,6-9,11H2,(H,18,19,20). The third-order valence-corrected chi connectivity index (χ3v) is 4.87. The molecule has 1 aliphatic rings. The van der Waals surface area contributed by atoms with Crippen molar-refractivity contribution in [1.29, 1.82) is 0 Å². The lowest BCUT2D eigenvalue weighted by Crippen LogP contribution is -2.36. The molecule has 23 heavy (non-hydrogen) atoms. The van der Waals surface area contributed by atoms with Gasteiger partial charge in [-0.3, -0.25) is 0 Å². The summed E-state index contributed by atoms with van der Waals surface area (Å²) in [5, 5.41) is 6.60. The Bertz CT molecular complexity index is 798. The number of benzene rings is 1. The fraction of sp³-hybridized carbons (Fsp3) is 0.294. The van der Waals surface area contributed by atoms with Crippen LogP contribution in [0.25, 0.3) is 10.2 Å². The normalized spacial score (nSPS) is 15.0. The molecule has 1 saturated heterocycles. The van der Waals surface area contributed by atoms with Gasteiger partial charge in [-0.25, -0.2) is 9.97 Å². The fourth-order valence-electron chi connectivity index (χ4n) is 2.88. The van der Waals surface area contributed by atoms with E-state index in [1.54, 1.807) is 17.7 Å². The van der Waals surface area contributed by atoms with Crippen LogP contribution in [0.3, 0.4) is 0 Å². The van der Waals surface area contributed by atoms with Gasteiger partial charge in [-0.1, -0.05) is 18.2 Å². The molecule has 0 atom stereocenters. The van der Waals surface area contributed by atoms with Crippen LogP contribution in [-0.2, 0) is 11.3 Å². The number of hydrogen-bond donors (Lipinski definition) is 1. The van der Waals surface area contributed by atoms with Gasteiger partial charge < -0.3 is 15.0 Å². The van der Waals surface area contributed by atoms with E-state index in [4.69, 9.17) is 4.74 Å². The van der Waals surface area contributed by atoms with Crippen molar-refractivity contribution in [3.63, 3.8) is 0 Å². The second-order valence-electron chi connectivity index (χ2n) is 5.44. The van der Waals surface area contributed by atoms with Crippen molar-refractivity contribution in [1.82, 2.24) is 9.97 Å². The first-order valence-electron chi connectivity index (χ1n) is 7.74. The first-order valence-corrected chi connectivity index (χ1v) is 8.62. The van der Waals surface area contributed by atoms with Gasteiger partial charge in [-0.2, -0.15) is 0 Å². The van der Waals surface area contributed by atoms with E-state index >= 15 is 0 Å². The average molecular weight is 326 g/mol. The zero-order valence-corrected chi connectivity index (χ0v) is 13.6. The number of hydrogen-bond acceptors (Lipinski definition) is 6. The van der Waals surface area contributed by atoms with Crippen LogP contribution in [0.1, 0.15) is 5.56 Å². The first kappa shape index (κ1) is 14.4. The fourth-order valence-corrected chi connectivity index (χ4v) is 3.62. The average Bonchev–Trinajstić information content (AvgIpc) is 3.10. The molecular formula is C17H18N4OS. The molecule has 0 saturated carbocycles. The quantitative estimate of drug-likeness (QED) is 0.798. The van der Waals surface area contributed by atoms with E-state index in [-0.39, 0.29) is 0 Å². The van der Waals surface area contributed by atoms with Crippen molar-refractivity contribution < 1.29 is 4.74 Å². The summed E-state index contributed by atoms with van der Waals surface area (Å²) in [6, 6.07) is 10.6. The van der Waals surface area contributed by atoms with Gasteiger partial charge in [0.05, 0.1) is 18.6 Å². The SMILES string of the molecule is c1ccc(N2CCOCC2)c(CNc2ncnc3sccc23)c1. The molecular weight excluding hydrogens is 308 g/mol. The Morgan fingerprint density at radius 1 is 1.13 bits per heavy atom. The topological polar surface area (TPSA) is 50.3 Å². The van der Waals surface area contributed by atoms with E-state index in [0.29, 0.717) is 0 Å². The van der Waals surface area contributed by atoms with Gasteiger partial charge in [0.25, 0.3) is 0 Å². The molecule has 0 bridgehead atoms. The van der Waals surface area contributed by atoms with Crippen LogP contribution in [0, 0.1) is 0 Å². The van der Waals surface area contributed by atoms with Gasteiger partial charge in [-0.05, 0) is 23.1 Å². The highest BCUT2D eigenvalue weighted by atomic mass is 32.1. The summed E-state index contributed by atoms with van der Waals surface area (Å²) in [6.07, 6.45) is 1.62. The Labute approximate surface area is 138 Å². The minimum Gasteiger partial charge on any atom is -0.378 e. The summed E-state index contributed by atoms with van der Waals surface area (Å²) in [5.74, 6) is 0.896. The van der Waals surface area contributed by atoms with E-state index in [2.05, 4.69) is 50.5 Å². The molecule has 1 aromatic carbocycles. The summed E-state index contributed by atoms with van der Waals surface area (Å²) in [5.41, 5.74) is 2.55.